The summed E-state index contributed by atoms with van der Waals surface area (Å²) in [5.74, 6) is -1.37. The summed E-state index contributed by atoms with van der Waals surface area (Å²) in [6.45, 7) is 2.17. The van der Waals surface area contributed by atoms with Crippen molar-refractivity contribution in [2.24, 2.45) is 0 Å². The van der Waals surface area contributed by atoms with Crippen LogP contribution in [0.4, 0.5) is 5.69 Å². The first-order valence-electron chi connectivity index (χ1n) is 6.30. The minimum Gasteiger partial charge on any atom is -0.344 e. The molecule has 1 heterocycles. The zero-order valence-electron chi connectivity index (χ0n) is 11.4. The molecule has 0 spiro atoms. The topological polar surface area (TPSA) is 71.1 Å². The quantitative estimate of drug-likeness (QED) is 0.837. The van der Waals surface area contributed by atoms with Gasteiger partial charge in [-0.2, -0.15) is 0 Å². The molecule has 2 amide bonds. The van der Waals surface area contributed by atoms with E-state index in [9.17, 15) is 9.59 Å². The summed E-state index contributed by atoms with van der Waals surface area (Å²) in [6.07, 6.45) is 3.28. The van der Waals surface area contributed by atoms with Crippen molar-refractivity contribution in [1.82, 2.24) is 10.3 Å². The maximum atomic E-state index is 11.8. The molecule has 21 heavy (non-hydrogen) atoms. The fraction of sp³-hybridized carbons (Fsp3) is 0.133. The van der Waals surface area contributed by atoms with E-state index >= 15 is 0 Å². The van der Waals surface area contributed by atoms with Crippen LogP contribution >= 0.6 is 15.9 Å². The highest BCUT2D eigenvalue weighted by Gasteiger charge is 2.13. The van der Waals surface area contributed by atoms with Crippen molar-refractivity contribution in [3.63, 3.8) is 0 Å². The van der Waals surface area contributed by atoms with E-state index in [1.54, 1.807) is 30.6 Å². The van der Waals surface area contributed by atoms with Crippen molar-refractivity contribution in [3.8, 4) is 0 Å². The summed E-state index contributed by atoms with van der Waals surface area (Å²) in [5, 5.41) is 5.10. The molecule has 0 saturated heterocycles. The largest absolute Gasteiger partial charge is 0.344 e. The second-order valence-electron chi connectivity index (χ2n) is 4.46. The molecule has 0 fully saturated rings. The predicted molar refractivity (Wildman–Crippen MR) is 83.6 cm³/mol. The standard InChI is InChI=1S/C15H14BrN3O2/c1-10-7-12(4-5-13(10)16)19-15(21)14(20)18-9-11-3-2-6-17-8-11/h2-8H,9H2,1H3,(H,18,20)(H,19,21). The Kier molecular flexibility index (Phi) is 5.05. The van der Waals surface area contributed by atoms with E-state index in [1.165, 1.54) is 0 Å². The Morgan fingerprint density at radius 1 is 1.24 bits per heavy atom. The van der Waals surface area contributed by atoms with Gasteiger partial charge in [-0.05, 0) is 42.3 Å². The van der Waals surface area contributed by atoms with Crippen LogP contribution in [0.2, 0.25) is 0 Å². The second-order valence-corrected chi connectivity index (χ2v) is 5.32. The first-order valence-corrected chi connectivity index (χ1v) is 7.10. The van der Waals surface area contributed by atoms with Gasteiger partial charge in [-0.1, -0.05) is 22.0 Å². The maximum Gasteiger partial charge on any atom is 0.313 e. The number of carbonyl (C=O) groups excluding carboxylic acids is 2. The van der Waals surface area contributed by atoms with Gasteiger partial charge in [0.15, 0.2) is 0 Å². The van der Waals surface area contributed by atoms with Crippen LogP contribution in [0.25, 0.3) is 0 Å². The number of amides is 2. The number of aryl methyl sites for hydroxylation is 1. The molecule has 2 rings (SSSR count). The van der Waals surface area contributed by atoms with Crippen LogP contribution in [0.5, 0.6) is 0 Å². The average Bonchev–Trinajstić information content (AvgIpc) is 2.49. The van der Waals surface area contributed by atoms with E-state index in [0.29, 0.717) is 5.69 Å². The van der Waals surface area contributed by atoms with Gasteiger partial charge in [0.2, 0.25) is 0 Å². The van der Waals surface area contributed by atoms with Gasteiger partial charge in [-0.15, -0.1) is 0 Å². The summed E-state index contributed by atoms with van der Waals surface area (Å²) >= 11 is 3.38. The molecule has 6 heteroatoms. The zero-order valence-corrected chi connectivity index (χ0v) is 13.0. The van der Waals surface area contributed by atoms with Gasteiger partial charge in [0.25, 0.3) is 0 Å². The molecular formula is C15H14BrN3O2. The fourth-order valence-corrected chi connectivity index (χ4v) is 1.92. The van der Waals surface area contributed by atoms with Crippen LogP contribution in [0, 0.1) is 6.92 Å². The Bertz CT molecular complexity index is 659. The Labute approximate surface area is 130 Å². The normalized spacial score (nSPS) is 10.0. The van der Waals surface area contributed by atoms with Crippen molar-refractivity contribution in [2.75, 3.05) is 5.32 Å². The van der Waals surface area contributed by atoms with Crippen molar-refractivity contribution >= 4 is 33.4 Å². The van der Waals surface area contributed by atoms with Crippen molar-refractivity contribution in [1.29, 1.82) is 0 Å². The lowest BCUT2D eigenvalue weighted by Crippen LogP contribution is -2.34. The molecule has 1 aromatic heterocycles. The van der Waals surface area contributed by atoms with Gasteiger partial charge in [0.05, 0.1) is 0 Å². The summed E-state index contributed by atoms with van der Waals surface area (Å²) in [5.41, 5.74) is 2.39. The van der Waals surface area contributed by atoms with Gasteiger partial charge >= 0.3 is 11.8 Å². The highest BCUT2D eigenvalue weighted by molar-refractivity contribution is 9.10. The van der Waals surface area contributed by atoms with E-state index in [-0.39, 0.29) is 6.54 Å². The number of nitrogens with one attached hydrogen (secondary N) is 2. The Morgan fingerprint density at radius 3 is 2.71 bits per heavy atom. The third-order valence-corrected chi connectivity index (χ3v) is 3.69. The SMILES string of the molecule is Cc1cc(NC(=O)C(=O)NCc2cccnc2)ccc1Br. The number of carbonyl (C=O) groups is 2. The van der Waals surface area contributed by atoms with Crippen LogP contribution in [-0.4, -0.2) is 16.8 Å². The Morgan fingerprint density at radius 2 is 2.05 bits per heavy atom. The lowest BCUT2D eigenvalue weighted by atomic mass is 10.2. The predicted octanol–water partition coefficient (Wildman–Crippen LogP) is 2.41. The smallest absolute Gasteiger partial charge is 0.313 e. The third-order valence-electron chi connectivity index (χ3n) is 2.80. The van der Waals surface area contributed by atoms with E-state index in [4.69, 9.17) is 0 Å². The molecule has 0 radical (unpaired) electrons. The van der Waals surface area contributed by atoms with Gasteiger partial charge in [-0.25, -0.2) is 0 Å². The minimum absolute atomic E-state index is 0.263. The summed E-state index contributed by atoms with van der Waals surface area (Å²) in [7, 11) is 0. The van der Waals surface area contributed by atoms with Crippen LogP contribution in [-0.2, 0) is 16.1 Å². The van der Waals surface area contributed by atoms with Crippen LogP contribution < -0.4 is 10.6 Å². The van der Waals surface area contributed by atoms with Crippen molar-refractivity contribution in [3.05, 3.63) is 58.3 Å². The molecule has 0 unspecified atom stereocenters. The molecule has 0 aliphatic rings. The molecule has 0 atom stereocenters. The summed E-state index contributed by atoms with van der Waals surface area (Å²) in [4.78, 5) is 27.4. The number of benzene rings is 1. The number of rotatable bonds is 3. The minimum atomic E-state index is -0.694. The third kappa shape index (κ3) is 4.39. The van der Waals surface area contributed by atoms with Crippen LogP contribution in [0.3, 0.4) is 0 Å². The molecule has 2 aromatic rings. The zero-order chi connectivity index (χ0) is 15.2. The molecule has 2 N–H and O–H groups in total. The molecule has 5 nitrogen and oxygen atoms in total. The molecular weight excluding hydrogens is 334 g/mol. The number of aromatic nitrogens is 1. The van der Waals surface area contributed by atoms with Gasteiger partial charge in [0, 0.05) is 29.1 Å². The second kappa shape index (κ2) is 6.99. The van der Waals surface area contributed by atoms with Crippen LogP contribution in [0.1, 0.15) is 11.1 Å². The molecule has 0 bridgehead atoms. The number of hydrogen-bond acceptors (Lipinski definition) is 3. The van der Waals surface area contributed by atoms with Crippen molar-refractivity contribution in [2.45, 2.75) is 13.5 Å². The van der Waals surface area contributed by atoms with Gasteiger partial charge in [-0.3, -0.25) is 14.6 Å². The number of nitrogens with zero attached hydrogens (tertiary/aromatic N) is 1. The van der Waals surface area contributed by atoms with Crippen molar-refractivity contribution < 1.29 is 9.59 Å². The number of anilines is 1. The number of pyridine rings is 1. The number of hydrogen-bond donors (Lipinski definition) is 2. The number of halogens is 1. The molecule has 0 saturated carbocycles. The molecule has 1 aromatic carbocycles. The Hall–Kier alpha value is -2.21. The highest BCUT2D eigenvalue weighted by Crippen LogP contribution is 2.19. The highest BCUT2D eigenvalue weighted by atomic mass is 79.9. The lowest BCUT2D eigenvalue weighted by molar-refractivity contribution is -0.136. The van der Waals surface area contributed by atoms with E-state index in [2.05, 4.69) is 31.5 Å². The van der Waals surface area contributed by atoms with E-state index < -0.39 is 11.8 Å². The fourth-order valence-electron chi connectivity index (χ4n) is 1.68. The lowest BCUT2D eigenvalue weighted by Gasteiger charge is -2.07. The van der Waals surface area contributed by atoms with Crippen LogP contribution in [0.15, 0.2) is 47.2 Å². The maximum absolute atomic E-state index is 11.8. The summed E-state index contributed by atoms with van der Waals surface area (Å²) < 4.78 is 0.946. The Balaban J connectivity index is 1.90. The van der Waals surface area contributed by atoms with E-state index in [0.717, 1.165) is 15.6 Å². The first-order chi connectivity index (χ1) is 10.1. The van der Waals surface area contributed by atoms with Gasteiger partial charge in [0.1, 0.15) is 0 Å². The van der Waals surface area contributed by atoms with Gasteiger partial charge < -0.3 is 10.6 Å². The van der Waals surface area contributed by atoms with E-state index in [1.807, 2.05) is 19.1 Å². The molecule has 0 aliphatic carbocycles. The molecule has 0 aliphatic heterocycles. The summed E-state index contributed by atoms with van der Waals surface area (Å²) in [6, 6.07) is 8.92. The first kappa shape index (κ1) is 15.2. The monoisotopic (exact) mass is 347 g/mol. The average molecular weight is 348 g/mol. The molecule has 108 valence electrons.